The molecule has 124 valence electrons. The fourth-order valence-corrected chi connectivity index (χ4v) is 3.95. The minimum Gasteiger partial charge on any atom is -0.507 e. The van der Waals surface area contributed by atoms with E-state index in [1.807, 2.05) is 25.1 Å². The largest absolute Gasteiger partial charge is 0.507 e. The molecule has 24 heavy (non-hydrogen) atoms. The van der Waals surface area contributed by atoms with Crippen molar-refractivity contribution in [2.75, 3.05) is 19.1 Å². The van der Waals surface area contributed by atoms with Crippen LogP contribution in [0.5, 0.6) is 17.2 Å². The van der Waals surface area contributed by atoms with Gasteiger partial charge in [0, 0.05) is 22.9 Å². The Morgan fingerprint density at radius 3 is 2.71 bits per heavy atom. The Bertz CT molecular complexity index is 859. The number of hydrogen-bond donors (Lipinski definition) is 1. The highest BCUT2D eigenvalue weighted by Gasteiger charge is 2.44. The topological polar surface area (TPSA) is 59.0 Å². The maximum Gasteiger partial charge on any atom is 0.259 e. The number of anilines is 1. The maximum absolute atomic E-state index is 13.1. The van der Waals surface area contributed by atoms with Gasteiger partial charge in [-0.3, -0.25) is 4.79 Å². The van der Waals surface area contributed by atoms with Gasteiger partial charge >= 0.3 is 0 Å². The van der Waals surface area contributed by atoms with E-state index in [-0.39, 0.29) is 17.7 Å². The zero-order valence-electron chi connectivity index (χ0n) is 13.9. The Morgan fingerprint density at radius 1 is 1.21 bits per heavy atom. The number of nitrogens with zero attached hydrogens (tertiary/aromatic N) is 1. The molecule has 0 radical (unpaired) electrons. The molecule has 2 aromatic rings. The van der Waals surface area contributed by atoms with Crippen molar-refractivity contribution < 1.29 is 19.4 Å². The van der Waals surface area contributed by atoms with Gasteiger partial charge in [-0.25, -0.2) is 0 Å². The molecule has 0 spiro atoms. The molecule has 0 bridgehead atoms. The molecular weight excluding hydrogens is 306 g/mol. The normalized spacial score (nSPS) is 18.0. The van der Waals surface area contributed by atoms with Crippen molar-refractivity contribution in [2.24, 2.45) is 0 Å². The third-order valence-electron chi connectivity index (χ3n) is 5.09. The third kappa shape index (κ3) is 1.84. The fraction of sp³-hybridized carbons (Fsp3) is 0.316. The van der Waals surface area contributed by atoms with Gasteiger partial charge in [-0.1, -0.05) is 0 Å². The number of carbonyl (C=O) groups excluding carboxylic acids is 1. The molecule has 5 nitrogen and oxygen atoms in total. The van der Waals surface area contributed by atoms with Gasteiger partial charge in [0.15, 0.2) is 0 Å². The summed E-state index contributed by atoms with van der Waals surface area (Å²) in [5, 5.41) is 10.5. The molecule has 2 aromatic carbocycles. The highest BCUT2D eigenvalue weighted by atomic mass is 16.5. The molecule has 0 unspecified atom stereocenters. The van der Waals surface area contributed by atoms with Crippen LogP contribution in [0.3, 0.4) is 0 Å². The van der Waals surface area contributed by atoms with E-state index in [0.29, 0.717) is 11.3 Å². The van der Waals surface area contributed by atoms with Crippen LogP contribution < -0.4 is 14.4 Å². The number of phenols is 1. The van der Waals surface area contributed by atoms with E-state index in [9.17, 15) is 9.90 Å². The van der Waals surface area contributed by atoms with Crippen molar-refractivity contribution in [2.45, 2.75) is 25.8 Å². The summed E-state index contributed by atoms with van der Waals surface area (Å²) in [6, 6.07) is 7.25. The van der Waals surface area contributed by atoms with E-state index in [1.54, 1.807) is 25.2 Å². The second-order valence-corrected chi connectivity index (χ2v) is 6.24. The maximum atomic E-state index is 13.1. The lowest BCUT2D eigenvalue weighted by atomic mass is 9.91. The summed E-state index contributed by atoms with van der Waals surface area (Å²) in [7, 11) is 3.18. The van der Waals surface area contributed by atoms with Crippen LogP contribution in [0.2, 0.25) is 0 Å². The van der Waals surface area contributed by atoms with E-state index in [4.69, 9.17) is 9.47 Å². The Hall–Kier alpha value is -2.69. The van der Waals surface area contributed by atoms with Crippen molar-refractivity contribution >= 4 is 11.6 Å². The van der Waals surface area contributed by atoms with E-state index < -0.39 is 0 Å². The Balaban J connectivity index is 1.90. The Morgan fingerprint density at radius 2 is 2.00 bits per heavy atom. The van der Waals surface area contributed by atoms with Crippen molar-refractivity contribution in [1.29, 1.82) is 0 Å². The number of methoxy groups -OCH3 is 2. The molecule has 1 N–H and O–H groups in total. The molecule has 2 aliphatic heterocycles. The average Bonchev–Trinajstić information content (AvgIpc) is 2.91. The van der Waals surface area contributed by atoms with Gasteiger partial charge in [-0.05, 0) is 43.5 Å². The average molecular weight is 325 g/mol. The van der Waals surface area contributed by atoms with Gasteiger partial charge in [-0.2, -0.15) is 0 Å². The molecule has 0 aromatic heterocycles. The minimum absolute atomic E-state index is 0.0761. The van der Waals surface area contributed by atoms with Crippen LogP contribution in [-0.2, 0) is 6.42 Å². The molecule has 1 amide bonds. The number of ether oxygens (including phenoxy) is 2. The van der Waals surface area contributed by atoms with Crippen LogP contribution in [0.4, 0.5) is 5.69 Å². The van der Waals surface area contributed by atoms with E-state index in [2.05, 4.69) is 0 Å². The van der Waals surface area contributed by atoms with Crippen LogP contribution in [0.15, 0.2) is 24.3 Å². The molecule has 2 aliphatic rings. The number of carbonyl (C=O) groups is 1. The molecule has 5 heteroatoms. The van der Waals surface area contributed by atoms with Crippen molar-refractivity contribution in [1.82, 2.24) is 0 Å². The van der Waals surface area contributed by atoms with Crippen LogP contribution >= 0.6 is 0 Å². The molecule has 0 aliphatic carbocycles. The number of rotatable bonds is 2. The molecule has 0 saturated carbocycles. The zero-order chi connectivity index (χ0) is 17.0. The summed E-state index contributed by atoms with van der Waals surface area (Å²) in [5.41, 5.74) is 4.06. The summed E-state index contributed by atoms with van der Waals surface area (Å²) in [4.78, 5) is 14.9. The standard InChI is InChI=1S/C19H19NO4/c1-10-16(24-3)9-15(21)18-14-6-4-11-8-12(23-2)5-7-13(11)20(14)19(22)17(10)18/h5,7-9,14,21H,4,6H2,1-3H3/t14-/m1/s1. The number of amides is 1. The third-order valence-corrected chi connectivity index (χ3v) is 5.09. The molecule has 1 atom stereocenters. The van der Waals surface area contributed by atoms with Gasteiger partial charge in [0.05, 0.1) is 25.8 Å². The number of aryl methyl sites for hydroxylation is 1. The van der Waals surface area contributed by atoms with Gasteiger partial charge in [-0.15, -0.1) is 0 Å². The predicted octanol–water partition coefficient (Wildman–Crippen LogP) is 3.37. The summed E-state index contributed by atoms with van der Waals surface area (Å²) in [6.07, 6.45) is 1.61. The second kappa shape index (κ2) is 5.16. The number of aromatic hydroxyl groups is 1. The smallest absolute Gasteiger partial charge is 0.259 e. The second-order valence-electron chi connectivity index (χ2n) is 6.24. The first-order valence-electron chi connectivity index (χ1n) is 7.97. The zero-order valence-corrected chi connectivity index (χ0v) is 13.9. The van der Waals surface area contributed by atoms with Crippen molar-refractivity contribution in [3.8, 4) is 17.2 Å². The SMILES string of the molecule is COc1ccc2c(c1)CC[C@@H]1c3c(O)cc(OC)c(C)c3C(=O)N21. The lowest BCUT2D eigenvalue weighted by molar-refractivity contribution is 0.0988. The van der Waals surface area contributed by atoms with Gasteiger partial charge in [0.2, 0.25) is 0 Å². The van der Waals surface area contributed by atoms with E-state index in [0.717, 1.165) is 41.0 Å². The molecule has 0 saturated heterocycles. The summed E-state index contributed by atoms with van der Waals surface area (Å²) < 4.78 is 10.6. The highest BCUT2D eigenvalue weighted by molar-refractivity contribution is 6.13. The summed E-state index contributed by atoms with van der Waals surface area (Å²) in [5.74, 6) is 1.38. The fourth-order valence-electron chi connectivity index (χ4n) is 3.95. The first-order valence-corrected chi connectivity index (χ1v) is 7.97. The summed E-state index contributed by atoms with van der Waals surface area (Å²) >= 11 is 0. The van der Waals surface area contributed by atoms with E-state index >= 15 is 0 Å². The first kappa shape index (κ1) is 14.9. The van der Waals surface area contributed by atoms with Crippen LogP contribution in [0.1, 0.15) is 39.5 Å². The quantitative estimate of drug-likeness (QED) is 0.920. The number of benzene rings is 2. The number of fused-ring (bicyclic) bond motifs is 5. The van der Waals surface area contributed by atoms with E-state index in [1.165, 1.54) is 0 Å². The van der Waals surface area contributed by atoms with Gasteiger partial charge in [0.1, 0.15) is 17.2 Å². The van der Waals surface area contributed by atoms with Crippen LogP contribution in [0.25, 0.3) is 0 Å². The lowest BCUT2D eigenvalue weighted by Crippen LogP contribution is -2.32. The number of hydrogen-bond acceptors (Lipinski definition) is 4. The first-order chi connectivity index (χ1) is 11.6. The van der Waals surface area contributed by atoms with Gasteiger partial charge < -0.3 is 19.5 Å². The molecular formula is C19H19NO4. The van der Waals surface area contributed by atoms with Crippen molar-refractivity contribution in [3.05, 3.63) is 46.5 Å². The Kier molecular flexibility index (Phi) is 3.20. The highest BCUT2D eigenvalue weighted by Crippen LogP contribution is 2.51. The molecule has 2 heterocycles. The molecule has 0 fully saturated rings. The van der Waals surface area contributed by atoms with Gasteiger partial charge in [0.25, 0.3) is 5.91 Å². The molecule has 4 rings (SSSR count). The van der Waals surface area contributed by atoms with Crippen LogP contribution in [-0.4, -0.2) is 25.2 Å². The van der Waals surface area contributed by atoms with Crippen LogP contribution in [0, 0.1) is 6.92 Å². The Labute approximate surface area is 140 Å². The summed E-state index contributed by atoms with van der Waals surface area (Å²) in [6.45, 7) is 1.86. The number of phenolic OH excluding ortho intramolecular Hbond substituents is 1. The monoisotopic (exact) mass is 325 g/mol. The minimum atomic E-state index is -0.127. The lowest BCUT2D eigenvalue weighted by Gasteiger charge is -2.32. The predicted molar refractivity (Wildman–Crippen MR) is 90.3 cm³/mol. The van der Waals surface area contributed by atoms with Crippen molar-refractivity contribution in [3.63, 3.8) is 0 Å².